The summed E-state index contributed by atoms with van der Waals surface area (Å²) in [4.78, 5) is 2.69. The lowest BCUT2D eigenvalue weighted by Crippen LogP contribution is -2.49. The summed E-state index contributed by atoms with van der Waals surface area (Å²) >= 11 is 0. The average Bonchev–Trinajstić information content (AvgIpc) is 2.48. The molecule has 0 amide bonds. The van der Waals surface area contributed by atoms with E-state index in [4.69, 9.17) is 0 Å². The Morgan fingerprint density at radius 3 is 2.30 bits per heavy atom. The largest absolute Gasteiger partial charge is 0.313 e. The van der Waals surface area contributed by atoms with Gasteiger partial charge in [-0.25, -0.2) is 0 Å². The first-order chi connectivity index (χ1) is 9.72. The van der Waals surface area contributed by atoms with Gasteiger partial charge in [-0.3, -0.25) is 0 Å². The highest BCUT2D eigenvalue weighted by Crippen LogP contribution is 2.30. The van der Waals surface area contributed by atoms with Crippen molar-refractivity contribution >= 4 is 0 Å². The van der Waals surface area contributed by atoms with Gasteiger partial charge in [-0.2, -0.15) is 0 Å². The van der Waals surface area contributed by atoms with E-state index in [1.807, 2.05) is 0 Å². The summed E-state index contributed by atoms with van der Waals surface area (Å²) in [5.41, 5.74) is 0. The lowest BCUT2D eigenvalue weighted by Gasteiger charge is -2.40. The predicted octanol–water partition coefficient (Wildman–Crippen LogP) is 4.06. The Morgan fingerprint density at radius 2 is 1.65 bits per heavy atom. The molecule has 2 saturated carbocycles. The van der Waals surface area contributed by atoms with Gasteiger partial charge in [0.2, 0.25) is 0 Å². The molecule has 2 heteroatoms. The maximum absolute atomic E-state index is 3.80. The molecule has 3 unspecified atom stereocenters. The van der Waals surface area contributed by atoms with E-state index < -0.39 is 0 Å². The first kappa shape index (κ1) is 16.3. The third-order valence-corrected chi connectivity index (χ3v) is 5.80. The van der Waals surface area contributed by atoms with Crippen molar-refractivity contribution in [2.45, 2.75) is 83.7 Å². The maximum atomic E-state index is 3.80. The number of nitrogens with zero attached hydrogens (tertiary/aromatic N) is 1. The van der Waals surface area contributed by atoms with E-state index >= 15 is 0 Å². The summed E-state index contributed by atoms with van der Waals surface area (Å²) in [6.45, 7) is 7.10. The van der Waals surface area contributed by atoms with Gasteiger partial charge in [-0.15, -0.1) is 0 Å². The Labute approximate surface area is 126 Å². The highest BCUT2D eigenvalue weighted by atomic mass is 15.2. The molecule has 0 heterocycles. The monoisotopic (exact) mass is 280 g/mol. The van der Waals surface area contributed by atoms with Crippen LogP contribution in [0.2, 0.25) is 0 Å². The van der Waals surface area contributed by atoms with Gasteiger partial charge in [0, 0.05) is 18.6 Å². The quantitative estimate of drug-likeness (QED) is 0.789. The highest BCUT2D eigenvalue weighted by Gasteiger charge is 2.29. The molecule has 0 saturated heterocycles. The third-order valence-electron chi connectivity index (χ3n) is 5.80. The summed E-state index contributed by atoms with van der Waals surface area (Å²) in [5, 5.41) is 3.80. The molecule has 2 aliphatic carbocycles. The van der Waals surface area contributed by atoms with Gasteiger partial charge in [-0.05, 0) is 51.1 Å². The summed E-state index contributed by atoms with van der Waals surface area (Å²) in [7, 11) is 2.37. The molecule has 2 nitrogen and oxygen atoms in total. The van der Waals surface area contributed by atoms with Gasteiger partial charge in [0.1, 0.15) is 0 Å². The molecule has 1 N–H and O–H groups in total. The minimum atomic E-state index is 0.722. The van der Waals surface area contributed by atoms with E-state index in [9.17, 15) is 0 Å². The van der Waals surface area contributed by atoms with Gasteiger partial charge in [0.25, 0.3) is 0 Å². The zero-order chi connectivity index (χ0) is 14.4. The Kier molecular flexibility index (Phi) is 6.83. The number of rotatable bonds is 6. The fourth-order valence-corrected chi connectivity index (χ4v) is 4.58. The second-order valence-corrected chi connectivity index (χ2v) is 7.33. The van der Waals surface area contributed by atoms with Gasteiger partial charge in [0.15, 0.2) is 0 Å². The first-order valence-electron chi connectivity index (χ1n) is 9.16. The van der Waals surface area contributed by atoms with E-state index in [1.165, 1.54) is 64.3 Å². The van der Waals surface area contributed by atoms with Crippen LogP contribution in [-0.4, -0.2) is 37.1 Å². The van der Waals surface area contributed by atoms with Crippen LogP contribution in [0, 0.1) is 11.8 Å². The van der Waals surface area contributed by atoms with Crippen molar-refractivity contribution < 1.29 is 0 Å². The molecule has 118 valence electrons. The Bertz CT molecular complexity index is 260. The SMILES string of the molecule is CCNC(CN(C)C1CCCCC1C)C1CCCCC1. The fourth-order valence-electron chi connectivity index (χ4n) is 4.58. The molecule has 0 aromatic carbocycles. The molecular weight excluding hydrogens is 244 g/mol. The predicted molar refractivity (Wildman–Crippen MR) is 88.1 cm³/mol. The molecule has 0 aliphatic heterocycles. The number of hydrogen-bond acceptors (Lipinski definition) is 2. The van der Waals surface area contributed by atoms with Crippen LogP contribution in [0.5, 0.6) is 0 Å². The van der Waals surface area contributed by atoms with Crippen LogP contribution in [0.15, 0.2) is 0 Å². The Morgan fingerprint density at radius 1 is 1.00 bits per heavy atom. The molecule has 0 aromatic heterocycles. The van der Waals surface area contributed by atoms with Gasteiger partial charge >= 0.3 is 0 Å². The summed E-state index contributed by atoms with van der Waals surface area (Å²) in [6, 6.07) is 1.55. The van der Waals surface area contributed by atoms with E-state index in [0.29, 0.717) is 0 Å². The third kappa shape index (κ3) is 4.46. The van der Waals surface area contributed by atoms with E-state index in [-0.39, 0.29) is 0 Å². The summed E-state index contributed by atoms with van der Waals surface area (Å²) < 4.78 is 0. The summed E-state index contributed by atoms with van der Waals surface area (Å²) in [5.74, 6) is 1.81. The molecule has 0 aromatic rings. The normalized spacial score (nSPS) is 30.6. The van der Waals surface area contributed by atoms with Crippen LogP contribution in [-0.2, 0) is 0 Å². The van der Waals surface area contributed by atoms with Gasteiger partial charge in [0.05, 0.1) is 0 Å². The molecule has 2 aliphatic rings. The minimum absolute atomic E-state index is 0.722. The van der Waals surface area contributed by atoms with E-state index in [2.05, 4.69) is 31.1 Å². The Balaban J connectivity index is 1.88. The van der Waals surface area contributed by atoms with E-state index in [1.54, 1.807) is 0 Å². The smallest absolute Gasteiger partial charge is 0.0223 e. The van der Waals surface area contributed by atoms with Crippen LogP contribution in [0.4, 0.5) is 0 Å². The van der Waals surface area contributed by atoms with Crippen molar-refractivity contribution in [1.82, 2.24) is 10.2 Å². The minimum Gasteiger partial charge on any atom is -0.313 e. The Hall–Kier alpha value is -0.0800. The first-order valence-corrected chi connectivity index (χ1v) is 9.16. The second-order valence-electron chi connectivity index (χ2n) is 7.33. The van der Waals surface area contributed by atoms with Crippen LogP contribution in [0.3, 0.4) is 0 Å². The van der Waals surface area contributed by atoms with Crippen molar-refractivity contribution in [3.8, 4) is 0 Å². The average molecular weight is 280 g/mol. The molecule has 0 bridgehead atoms. The van der Waals surface area contributed by atoms with E-state index in [0.717, 1.165) is 30.5 Å². The lowest BCUT2D eigenvalue weighted by molar-refractivity contribution is 0.110. The molecular formula is C18H36N2. The number of likely N-dealkylation sites (N-methyl/N-ethyl adjacent to an activating group) is 2. The molecule has 0 radical (unpaired) electrons. The van der Waals surface area contributed by atoms with Crippen LogP contribution in [0.1, 0.15) is 71.6 Å². The summed E-state index contributed by atoms with van der Waals surface area (Å²) in [6.07, 6.45) is 13.0. The van der Waals surface area contributed by atoms with Gasteiger partial charge < -0.3 is 10.2 Å². The second kappa shape index (κ2) is 8.38. The van der Waals surface area contributed by atoms with Crippen molar-refractivity contribution in [3.63, 3.8) is 0 Å². The lowest BCUT2D eigenvalue weighted by atomic mass is 9.82. The molecule has 2 rings (SSSR count). The maximum Gasteiger partial charge on any atom is 0.0223 e. The molecule has 20 heavy (non-hydrogen) atoms. The van der Waals surface area contributed by atoms with Crippen molar-refractivity contribution in [2.24, 2.45) is 11.8 Å². The molecule has 3 atom stereocenters. The van der Waals surface area contributed by atoms with Crippen molar-refractivity contribution in [2.75, 3.05) is 20.1 Å². The zero-order valence-electron chi connectivity index (χ0n) is 14.0. The van der Waals surface area contributed by atoms with Crippen LogP contribution in [0.25, 0.3) is 0 Å². The fraction of sp³-hybridized carbons (Fsp3) is 1.00. The number of hydrogen-bond donors (Lipinski definition) is 1. The molecule has 2 fully saturated rings. The van der Waals surface area contributed by atoms with Crippen LogP contribution >= 0.6 is 0 Å². The van der Waals surface area contributed by atoms with Gasteiger partial charge in [-0.1, -0.05) is 46.0 Å². The van der Waals surface area contributed by atoms with Crippen molar-refractivity contribution in [1.29, 1.82) is 0 Å². The topological polar surface area (TPSA) is 15.3 Å². The highest BCUT2D eigenvalue weighted by molar-refractivity contribution is 4.86. The number of nitrogens with one attached hydrogen (secondary N) is 1. The van der Waals surface area contributed by atoms with Crippen molar-refractivity contribution in [3.05, 3.63) is 0 Å². The van der Waals surface area contributed by atoms with Crippen LogP contribution < -0.4 is 5.32 Å². The zero-order valence-corrected chi connectivity index (χ0v) is 14.0. The molecule has 0 spiro atoms. The standard InChI is InChI=1S/C18H36N2/c1-4-19-17(16-11-6-5-7-12-16)14-20(3)18-13-9-8-10-15(18)2/h15-19H,4-14H2,1-3H3.